The van der Waals surface area contributed by atoms with Gasteiger partial charge >= 0.3 is 0 Å². The van der Waals surface area contributed by atoms with Crippen LogP contribution in [0.2, 0.25) is 0 Å². The third kappa shape index (κ3) is 2.01. The summed E-state index contributed by atoms with van der Waals surface area (Å²) in [5, 5.41) is 2.74. The number of benzene rings is 2. The third-order valence-electron chi connectivity index (χ3n) is 3.96. The molecule has 106 valence electrons. The lowest BCUT2D eigenvalue weighted by molar-refractivity contribution is 0.947. The summed E-state index contributed by atoms with van der Waals surface area (Å²) in [4.78, 5) is 0. The van der Waals surface area contributed by atoms with Gasteiger partial charge in [0, 0.05) is 28.4 Å². The number of rotatable bonds is 1. The van der Waals surface area contributed by atoms with Gasteiger partial charge in [-0.3, -0.25) is 0 Å². The van der Waals surface area contributed by atoms with Gasteiger partial charge in [0.25, 0.3) is 0 Å². The summed E-state index contributed by atoms with van der Waals surface area (Å²) >= 11 is 0. The van der Waals surface area contributed by atoms with E-state index in [1.54, 1.807) is 0 Å². The number of aromatic nitrogens is 1. The highest BCUT2D eigenvalue weighted by Gasteiger charge is 2.21. The molecule has 0 spiro atoms. The topological polar surface area (TPSA) is 4.93 Å². The van der Waals surface area contributed by atoms with Crippen molar-refractivity contribution in [1.29, 1.82) is 0 Å². The van der Waals surface area contributed by atoms with Crippen molar-refractivity contribution in [2.45, 2.75) is 27.3 Å². The molecular formula is C20H21N. The third-order valence-corrected chi connectivity index (χ3v) is 3.96. The molecule has 1 heteroatoms. The summed E-state index contributed by atoms with van der Waals surface area (Å²) in [6.07, 6.45) is 6.44. The van der Waals surface area contributed by atoms with Crippen molar-refractivity contribution in [2.75, 3.05) is 0 Å². The van der Waals surface area contributed by atoms with Gasteiger partial charge in [0.05, 0.1) is 5.52 Å². The molecule has 0 unspecified atom stereocenters. The number of fused-ring (bicyclic) bond motifs is 3. The van der Waals surface area contributed by atoms with Crippen molar-refractivity contribution in [3.63, 3.8) is 0 Å². The standard InChI is InChI=1S/C18H15N.C2H6/c1-2-3-7-13-12-19-17-11-5-4-8-15(17)16-10-6-9-14(13)18(16)19;1-2/h2-11H,12H2,1H3;1-2H3/b3-2-,13-7+;. The SMILES string of the molecule is C/C=C\C=C1/Cn2c3ccccc3c3cccc1c32.CC. The first-order chi connectivity index (χ1) is 10.4. The molecule has 21 heavy (non-hydrogen) atoms. The second-order valence-electron chi connectivity index (χ2n) is 5.02. The molecule has 2 heterocycles. The Kier molecular flexibility index (Phi) is 3.66. The van der Waals surface area contributed by atoms with Crippen LogP contribution in [0, 0.1) is 0 Å². The van der Waals surface area contributed by atoms with E-state index in [0.29, 0.717) is 0 Å². The minimum absolute atomic E-state index is 0.980. The van der Waals surface area contributed by atoms with Crippen molar-refractivity contribution in [3.8, 4) is 0 Å². The van der Waals surface area contributed by atoms with Crippen LogP contribution < -0.4 is 0 Å². The van der Waals surface area contributed by atoms with E-state index in [1.165, 1.54) is 32.9 Å². The first-order valence-electron chi connectivity index (χ1n) is 7.72. The Labute approximate surface area is 126 Å². The molecule has 0 radical (unpaired) electrons. The van der Waals surface area contributed by atoms with E-state index in [2.05, 4.69) is 72.2 Å². The molecule has 0 amide bonds. The fourth-order valence-corrected chi connectivity index (χ4v) is 3.14. The molecule has 0 fully saturated rings. The van der Waals surface area contributed by atoms with Crippen molar-refractivity contribution >= 4 is 27.4 Å². The fraction of sp³-hybridized carbons (Fsp3) is 0.200. The van der Waals surface area contributed by atoms with Crippen LogP contribution in [0.1, 0.15) is 26.3 Å². The average molecular weight is 275 g/mol. The number of hydrogen-bond acceptors (Lipinski definition) is 0. The van der Waals surface area contributed by atoms with Crippen molar-refractivity contribution in [2.24, 2.45) is 0 Å². The van der Waals surface area contributed by atoms with Crippen LogP contribution in [0.4, 0.5) is 0 Å². The Morgan fingerprint density at radius 1 is 0.952 bits per heavy atom. The van der Waals surface area contributed by atoms with Crippen molar-refractivity contribution < 1.29 is 0 Å². The molecule has 1 aromatic heterocycles. The maximum absolute atomic E-state index is 2.44. The highest BCUT2D eigenvalue weighted by atomic mass is 15.0. The second-order valence-corrected chi connectivity index (χ2v) is 5.02. The van der Waals surface area contributed by atoms with Crippen molar-refractivity contribution in [1.82, 2.24) is 4.57 Å². The van der Waals surface area contributed by atoms with Crippen LogP contribution in [0.5, 0.6) is 0 Å². The summed E-state index contributed by atoms with van der Waals surface area (Å²) in [6.45, 7) is 7.04. The molecule has 0 aliphatic carbocycles. The Balaban J connectivity index is 0.000000636. The van der Waals surface area contributed by atoms with Gasteiger partial charge in [0.2, 0.25) is 0 Å². The molecule has 0 N–H and O–H groups in total. The maximum Gasteiger partial charge on any atom is 0.0571 e. The molecule has 1 aliphatic heterocycles. The smallest absolute Gasteiger partial charge is 0.0571 e. The average Bonchev–Trinajstić information content (AvgIpc) is 3.08. The van der Waals surface area contributed by atoms with E-state index in [-0.39, 0.29) is 0 Å². The molecule has 0 saturated carbocycles. The number of nitrogens with zero attached hydrogens (tertiary/aromatic N) is 1. The Morgan fingerprint density at radius 2 is 1.71 bits per heavy atom. The van der Waals surface area contributed by atoms with Gasteiger partial charge in [0.15, 0.2) is 0 Å². The van der Waals surface area contributed by atoms with Crippen LogP contribution in [0.15, 0.2) is 60.7 Å². The van der Waals surface area contributed by atoms with Crippen LogP contribution in [-0.2, 0) is 6.54 Å². The van der Waals surface area contributed by atoms with Crippen LogP contribution in [0.25, 0.3) is 27.4 Å². The minimum atomic E-state index is 0.980. The largest absolute Gasteiger partial charge is 0.335 e. The van der Waals surface area contributed by atoms with E-state index in [1.807, 2.05) is 13.8 Å². The first-order valence-corrected chi connectivity index (χ1v) is 7.72. The molecule has 1 nitrogen and oxygen atoms in total. The summed E-state index contributed by atoms with van der Waals surface area (Å²) in [5.41, 5.74) is 5.52. The van der Waals surface area contributed by atoms with Gasteiger partial charge in [-0.1, -0.05) is 68.5 Å². The summed E-state index contributed by atoms with van der Waals surface area (Å²) in [5.74, 6) is 0. The quantitative estimate of drug-likeness (QED) is 0.529. The van der Waals surface area contributed by atoms with Gasteiger partial charge in [0.1, 0.15) is 0 Å². The predicted octanol–water partition coefficient (Wildman–Crippen LogP) is 5.79. The van der Waals surface area contributed by atoms with Gasteiger partial charge in [-0.25, -0.2) is 0 Å². The number of allylic oxidation sites excluding steroid dienone is 4. The van der Waals surface area contributed by atoms with E-state index in [9.17, 15) is 0 Å². The summed E-state index contributed by atoms with van der Waals surface area (Å²) < 4.78 is 2.44. The zero-order valence-electron chi connectivity index (χ0n) is 12.9. The molecule has 0 saturated heterocycles. The molecule has 0 bridgehead atoms. The van der Waals surface area contributed by atoms with Crippen molar-refractivity contribution in [3.05, 3.63) is 66.3 Å². The molecule has 4 rings (SSSR count). The Bertz CT molecular complexity index is 847. The zero-order valence-corrected chi connectivity index (χ0v) is 12.9. The van der Waals surface area contributed by atoms with Gasteiger partial charge in [-0.15, -0.1) is 0 Å². The predicted molar refractivity (Wildman–Crippen MR) is 93.6 cm³/mol. The Hall–Kier alpha value is -2.28. The van der Waals surface area contributed by atoms with E-state index >= 15 is 0 Å². The molecule has 3 aromatic rings. The van der Waals surface area contributed by atoms with Gasteiger partial charge in [-0.2, -0.15) is 0 Å². The summed E-state index contributed by atoms with van der Waals surface area (Å²) in [6, 6.07) is 15.3. The lowest BCUT2D eigenvalue weighted by atomic mass is 10.0. The van der Waals surface area contributed by atoms with E-state index in [4.69, 9.17) is 0 Å². The van der Waals surface area contributed by atoms with Gasteiger partial charge in [-0.05, 0) is 18.6 Å². The highest BCUT2D eigenvalue weighted by molar-refractivity contribution is 6.13. The van der Waals surface area contributed by atoms with E-state index < -0.39 is 0 Å². The maximum atomic E-state index is 2.44. The second kappa shape index (κ2) is 5.61. The molecule has 0 atom stereocenters. The van der Waals surface area contributed by atoms with Crippen LogP contribution in [-0.4, -0.2) is 4.57 Å². The fourth-order valence-electron chi connectivity index (χ4n) is 3.14. The normalized spacial score (nSPS) is 15.1. The lowest BCUT2D eigenvalue weighted by Gasteiger charge is -2.01. The zero-order chi connectivity index (χ0) is 14.8. The Morgan fingerprint density at radius 3 is 2.52 bits per heavy atom. The van der Waals surface area contributed by atoms with Crippen LogP contribution >= 0.6 is 0 Å². The number of para-hydroxylation sites is 2. The molecule has 2 aromatic carbocycles. The first kappa shape index (κ1) is 13.7. The molecule has 1 aliphatic rings. The minimum Gasteiger partial charge on any atom is -0.335 e. The highest BCUT2D eigenvalue weighted by Crippen LogP contribution is 2.39. The number of hydrogen-bond donors (Lipinski definition) is 0. The summed E-state index contributed by atoms with van der Waals surface area (Å²) in [7, 11) is 0. The van der Waals surface area contributed by atoms with E-state index in [0.717, 1.165) is 6.54 Å². The van der Waals surface area contributed by atoms with Gasteiger partial charge < -0.3 is 4.57 Å². The van der Waals surface area contributed by atoms with Crippen LogP contribution in [0.3, 0.4) is 0 Å². The monoisotopic (exact) mass is 275 g/mol. The lowest BCUT2D eigenvalue weighted by Crippen LogP contribution is -1.90. The molecular weight excluding hydrogens is 254 g/mol.